The normalized spacial score (nSPS) is 14.1. The quantitative estimate of drug-likeness (QED) is 0.154. The number of carboxylic acids is 1. The van der Waals surface area contributed by atoms with Gasteiger partial charge in [-0.15, -0.1) is 0 Å². The maximum Gasteiger partial charge on any atom is 0.336 e. The Bertz CT molecular complexity index is 2300. The molecule has 0 fully saturated rings. The van der Waals surface area contributed by atoms with Crippen molar-refractivity contribution in [1.82, 2.24) is 4.98 Å². The number of carbonyl (C=O) groups excluding carboxylic acids is 2. The number of aromatic nitrogens is 1. The van der Waals surface area contributed by atoms with Crippen molar-refractivity contribution in [1.29, 1.82) is 0 Å². The van der Waals surface area contributed by atoms with Crippen LogP contribution < -0.4 is 10.2 Å². The number of carbonyl (C=O) groups is 3. The topological polar surface area (TPSA) is 112 Å². The molecule has 1 atom stereocenters. The van der Waals surface area contributed by atoms with E-state index in [1.807, 2.05) is 78.9 Å². The third kappa shape index (κ3) is 6.91. The minimum atomic E-state index is -1.04. The van der Waals surface area contributed by atoms with Crippen molar-refractivity contribution in [3.8, 4) is 11.3 Å². The lowest BCUT2D eigenvalue weighted by molar-refractivity contribution is -0.116. The molecule has 0 spiro atoms. The van der Waals surface area contributed by atoms with Crippen LogP contribution in [-0.4, -0.2) is 33.0 Å². The minimum absolute atomic E-state index is 0.162. The molecule has 0 saturated carbocycles. The van der Waals surface area contributed by atoms with E-state index in [9.17, 15) is 19.5 Å². The summed E-state index contributed by atoms with van der Waals surface area (Å²) in [6.07, 6.45) is 1.70. The fraction of sp³-hybridized carbons (Fsp3) is 0.0250. The molecule has 1 aliphatic heterocycles. The van der Waals surface area contributed by atoms with Crippen molar-refractivity contribution in [2.45, 2.75) is 5.25 Å². The van der Waals surface area contributed by atoms with Crippen LogP contribution >= 0.6 is 23.4 Å². The number of hydrogen-bond donors (Lipinski definition) is 2. The second-order valence-electron chi connectivity index (χ2n) is 11.3. The number of thioether (sulfide) groups is 1. The largest absolute Gasteiger partial charge is 0.478 e. The Morgan fingerprint density at radius 3 is 2.18 bits per heavy atom. The highest BCUT2D eigenvalue weighted by Crippen LogP contribution is 2.38. The monoisotopic (exact) mass is 694 g/mol. The number of benzene rings is 5. The standard InChI is InChI=1S/C40H27ClN4O4S/c41-28-19-15-25(16-20-28)23-35-38(47)45(30-11-5-2-6-12-30)40(44-35)50-36(27-9-3-1-4-10-27)37(46)42-29-21-17-26(18-22-29)34-24-32(39(48)49)31-13-7-8-14-33(31)43-34/h1-24,36H,(H,42,46)(H,48,49)/b35-23-. The third-order valence-electron chi connectivity index (χ3n) is 7.98. The van der Waals surface area contributed by atoms with Gasteiger partial charge in [-0.25, -0.2) is 14.8 Å². The number of anilines is 2. The zero-order chi connectivity index (χ0) is 34.6. The average Bonchev–Trinajstić information content (AvgIpc) is 3.45. The van der Waals surface area contributed by atoms with Gasteiger partial charge in [-0.05, 0) is 65.7 Å². The van der Waals surface area contributed by atoms with Crippen LogP contribution in [0.3, 0.4) is 0 Å². The molecule has 0 saturated heterocycles. The highest BCUT2D eigenvalue weighted by atomic mass is 35.5. The molecule has 0 radical (unpaired) electrons. The molecule has 6 aromatic rings. The number of rotatable bonds is 8. The molecule has 1 aromatic heterocycles. The fourth-order valence-corrected chi connectivity index (χ4v) is 6.78. The van der Waals surface area contributed by atoms with Crippen molar-refractivity contribution >= 4 is 74.7 Å². The number of halogens is 1. The Labute approximate surface area is 296 Å². The summed E-state index contributed by atoms with van der Waals surface area (Å²) in [6.45, 7) is 0. The average molecular weight is 695 g/mol. The Balaban J connectivity index is 1.19. The number of pyridine rings is 1. The van der Waals surface area contributed by atoms with Gasteiger partial charge in [0.25, 0.3) is 5.91 Å². The van der Waals surface area contributed by atoms with E-state index in [0.717, 1.165) is 11.1 Å². The molecule has 1 aliphatic rings. The number of amides is 2. The first-order chi connectivity index (χ1) is 24.3. The number of nitrogens with zero attached hydrogens (tertiary/aromatic N) is 3. The van der Waals surface area contributed by atoms with E-state index in [4.69, 9.17) is 16.6 Å². The number of para-hydroxylation sites is 2. The predicted octanol–water partition coefficient (Wildman–Crippen LogP) is 9.11. The van der Waals surface area contributed by atoms with Crippen LogP contribution in [0.4, 0.5) is 11.4 Å². The summed E-state index contributed by atoms with van der Waals surface area (Å²) in [7, 11) is 0. The summed E-state index contributed by atoms with van der Waals surface area (Å²) in [5.74, 6) is -1.67. The number of amidine groups is 1. The molecule has 2 amide bonds. The van der Waals surface area contributed by atoms with Crippen LogP contribution in [-0.2, 0) is 9.59 Å². The Morgan fingerprint density at radius 2 is 1.48 bits per heavy atom. The van der Waals surface area contributed by atoms with Gasteiger partial charge in [0, 0.05) is 21.7 Å². The molecule has 2 N–H and O–H groups in total. The first kappa shape index (κ1) is 32.5. The molecular weight excluding hydrogens is 668 g/mol. The predicted molar refractivity (Wildman–Crippen MR) is 200 cm³/mol. The molecule has 2 heterocycles. The lowest BCUT2D eigenvalue weighted by Gasteiger charge is -2.22. The molecule has 1 unspecified atom stereocenters. The van der Waals surface area contributed by atoms with Crippen LogP contribution in [0.5, 0.6) is 0 Å². The van der Waals surface area contributed by atoms with E-state index in [-0.39, 0.29) is 23.1 Å². The van der Waals surface area contributed by atoms with E-state index in [2.05, 4.69) is 10.3 Å². The zero-order valence-corrected chi connectivity index (χ0v) is 27.8. The Hall–Kier alpha value is -6.03. The second-order valence-corrected chi connectivity index (χ2v) is 12.8. The van der Waals surface area contributed by atoms with E-state index < -0.39 is 11.2 Å². The van der Waals surface area contributed by atoms with Gasteiger partial charge in [-0.3, -0.25) is 14.5 Å². The third-order valence-corrected chi connectivity index (χ3v) is 9.43. The molecular formula is C40H27ClN4O4S. The number of carboxylic acid groups (broad SMARTS) is 1. The first-order valence-electron chi connectivity index (χ1n) is 15.6. The molecule has 0 aliphatic carbocycles. The van der Waals surface area contributed by atoms with E-state index in [1.54, 1.807) is 66.7 Å². The number of hydrogen-bond acceptors (Lipinski definition) is 6. The van der Waals surface area contributed by atoms with Gasteiger partial charge in [-0.1, -0.05) is 114 Å². The van der Waals surface area contributed by atoms with E-state index in [1.165, 1.54) is 16.7 Å². The maximum absolute atomic E-state index is 14.1. The highest BCUT2D eigenvalue weighted by Gasteiger charge is 2.36. The summed E-state index contributed by atoms with van der Waals surface area (Å²) >= 11 is 7.25. The van der Waals surface area contributed by atoms with Crippen LogP contribution in [0.25, 0.3) is 28.2 Å². The van der Waals surface area contributed by atoms with Crippen LogP contribution in [0.1, 0.15) is 26.7 Å². The number of aliphatic imine (C=N–C) groups is 1. The number of fused-ring (bicyclic) bond motifs is 1. The summed E-state index contributed by atoms with van der Waals surface area (Å²) in [5, 5.41) is 13.6. The highest BCUT2D eigenvalue weighted by molar-refractivity contribution is 8.15. The zero-order valence-electron chi connectivity index (χ0n) is 26.2. The summed E-state index contributed by atoms with van der Waals surface area (Å²) < 4.78 is 0. The van der Waals surface area contributed by atoms with Gasteiger partial charge < -0.3 is 10.4 Å². The van der Waals surface area contributed by atoms with Gasteiger partial charge in [-0.2, -0.15) is 0 Å². The molecule has 8 nitrogen and oxygen atoms in total. The summed E-state index contributed by atoms with van der Waals surface area (Å²) in [5.41, 5.74) is 4.82. The van der Waals surface area contributed by atoms with Gasteiger partial charge >= 0.3 is 5.97 Å². The molecule has 5 aromatic carbocycles. The van der Waals surface area contributed by atoms with Crippen molar-refractivity contribution in [3.63, 3.8) is 0 Å². The van der Waals surface area contributed by atoms with Crippen LogP contribution in [0.15, 0.2) is 150 Å². The summed E-state index contributed by atoms with van der Waals surface area (Å²) in [4.78, 5) is 50.8. The first-order valence-corrected chi connectivity index (χ1v) is 16.8. The summed E-state index contributed by atoms with van der Waals surface area (Å²) in [6, 6.07) is 41.3. The fourth-order valence-electron chi connectivity index (χ4n) is 5.54. The van der Waals surface area contributed by atoms with Gasteiger partial charge in [0.2, 0.25) is 5.91 Å². The Kier molecular flexibility index (Phi) is 9.24. The van der Waals surface area contributed by atoms with Gasteiger partial charge in [0.15, 0.2) is 5.17 Å². The minimum Gasteiger partial charge on any atom is -0.478 e. The SMILES string of the molecule is O=C(O)c1cc(-c2ccc(NC(=O)C(SC3=N/C(=C\c4ccc(Cl)cc4)C(=O)N3c3ccccc3)c3ccccc3)cc2)nc2ccccc12. The van der Waals surface area contributed by atoms with Crippen molar-refractivity contribution in [2.24, 2.45) is 4.99 Å². The molecule has 50 heavy (non-hydrogen) atoms. The molecule has 0 bridgehead atoms. The number of nitrogens with one attached hydrogen (secondary N) is 1. The molecule has 10 heteroatoms. The van der Waals surface area contributed by atoms with Gasteiger partial charge in [0.05, 0.1) is 22.5 Å². The Morgan fingerprint density at radius 1 is 0.820 bits per heavy atom. The van der Waals surface area contributed by atoms with Crippen molar-refractivity contribution < 1.29 is 19.5 Å². The van der Waals surface area contributed by atoms with Gasteiger partial charge in [0.1, 0.15) is 10.9 Å². The number of aromatic carboxylic acids is 1. The lowest BCUT2D eigenvalue weighted by Crippen LogP contribution is -2.32. The molecule has 244 valence electrons. The second kappa shape index (κ2) is 14.2. The lowest BCUT2D eigenvalue weighted by atomic mass is 10.0. The van der Waals surface area contributed by atoms with Crippen LogP contribution in [0, 0.1) is 0 Å². The van der Waals surface area contributed by atoms with Crippen LogP contribution in [0.2, 0.25) is 5.02 Å². The van der Waals surface area contributed by atoms with E-state index in [0.29, 0.717) is 43.7 Å². The smallest absolute Gasteiger partial charge is 0.336 e. The van der Waals surface area contributed by atoms with Crippen molar-refractivity contribution in [3.05, 3.63) is 167 Å². The van der Waals surface area contributed by atoms with E-state index >= 15 is 0 Å². The van der Waals surface area contributed by atoms with Crippen molar-refractivity contribution in [2.75, 3.05) is 10.2 Å². The molecule has 7 rings (SSSR count). The maximum atomic E-state index is 14.1.